The summed E-state index contributed by atoms with van der Waals surface area (Å²) in [6, 6.07) is 0. The maximum atomic E-state index is 7.50. The second-order valence-electron chi connectivity index (χ2n) is 2.68. The van der Waals surface area contributed by atoms with Crippen LogP contribution in [0.1, 0.15) is 0 Å². The van der Waals surface area contributed by atoms with Gasteiger partial charge in [-0.2, -0.15) is 0 Å². The molecule has 8 heteroatoms. The Labute approximate surface area is 127 Å². The predicted molar refractivity (Wildman–Crippen MR) is 52.5 cm³/mol. The SMILES string of the molecule is C1CN2CCN1CC2.[C-]#[O+].[C-]#[O+].[C-]#[O+].[C-]#[O+].[C-]#[O+].[W]. The molecule has 0 aliphatic carbocycles. The van der Waals surface area contributed by atoms with Crippen LogP contribution in [0.25, 0.3) is 0 Å². The molecule has 0 aromatic heterocycles. The third-order valence-corrected chi connectivity index (χ3v) is 2.20. The van der Waals surface area contributed by atoms with Gasteiger partial charge >= 0.3 is 56.5 Å². The van der Waals surface area contributed by atoms with Crippen molar-refractivity contribution in [2.45, 2.75) is 0 Å². The van der Waals surface area contributed by atoms with Gasteiger partial charge in [0.25, 0.3) is 0 Å². The molecule has 3 fully saturated rings. The van der Waals surface area contributed by atoms with Crippen LogP contribution in [0.15, 0.2) is 0 Å². The average Bonchev–Trinajstić information content (AvgIpc) is 2.59. The van der Waals surface area contributed by atoms with Gasteiger partial charge in [-0.1, -0.05) is 0 Å². The van der Waals surface area contributed by atoms with Crippen molar-refractivity contribution in [3.8, 4) is 0 Å². The van der Waals surface area contributed by atoms with E-state index in [9.17, 15) is 0 Å². The standard InChI is InChI=1S/C6H12N2.5CO.W/c1-2-8-5-3-7(1)4-6-8;5*1-2;/h1-6H2;;;;;;. The van der Waals surface area contributed by atoms with Crippen LogP contribution < -0.4 is 0 Å². The Morgan fingerprint density at radius 3 is 0.579 bits per heavy atom. The van der Waals surface area contributed by atoms with Gasteiger partial charge in [-0.25, -0.2) is 0 Å². The van der Waals surface area contributed by atoms with Crippen LogP contribution in [0.3, 0.4) is 0 Å². The van der Waals surface area contributed by atoms with E-state index in [-0.39, 0.29) is 21.1 Å². The average molecular weight is 436 g/mol. The molecule has 3 saturated heterocycles. The van der Waals surface area contributed by atoms with Crippen molar-refractivity contribution >= 4 is 0 Å². The molecule has 0 N–H and O–H groups in total. The zero-order chi connectivity index (χ0) is 15.4. The Morgan fingerprint density at radius 2 is 0.526 bits per heavy atom. The number of nitrogens with zero attached hydrogens (tertiary/aromatic N) is 2. The van der Waals surface area contributed by atoms with Gasteiger partial charge in [-0.15, -0.1) is 0 Å². The molecule has 0 unspecified atom stereocenters. The van der Waals surface area contributed by atoms with Crippen LogP contribution in [0.4, 0.5) is 0 Å². The number of piperazine rings is 3. The van der Waals surface area contributed by atoms with E-state index in [2.05, 4.69) is 43.1 Å². The molecule has 0 atom stereocenters. The van der Waals surface area contributed by atoms with Gasteiger partial charge in [0.05, 0.1) is 0 Å². The van der Waals surface area contributed by atoms with Gasteiger partial charge in [0, 0.05) is 60.3 Å². The van der Waals surface area contributed by atoms with Crippen molar-refractivity contribution in [1.29, 1.82) is 0 Å². The van der Waals surface area contributed by atoms with Gasteiger partial charge in [0.1, 0.15) is 0 Å². The predicted octanol–water partition coefficient (Wildman–Crippen LogP) is -0.572. The minimum atomic E-state index is 0. The number of hydrogen-bond acceptors (Lipinski definition) is 2. The quantitative estimate of drug-likeness (QED) is 0.375. The van der Waals surface area contributed by atoms with E-state index in [1.165, 1.54) is 39.3 Å². The molecule has 2 bridgehead atoms. The van der Waals surface area contributed by atoms with E-state index in [4.69, 9.17) is 23.3 Å². The number of hydrogen-bond donors (Lipinski definition) is 0. The molecule has 3 heterocycles. The van der Waals surface area contributed by atoms with E-state index >= 15 is 0 Å². The second-order valence-corrected chi connectivity index (χ2v) is 2.68. The molecule has 3 aliphatic rings. The summed E-state index contributed by atoms with van der Waals surface area (Å²) in [5.74, 6) is 0. The summed E-state index contributed by atoms with van der Waals surface area (Å²) in [4.78, 5) is 5.08. The van der Waals surface area contributed by atoms with Crippen LogP contribution >= 0.6 is 0 Å². The van der Waals surface area contributed by atoms with E-state index < -0.39 is 0 Å². The van der Waals surface area contributed by atoms with Crippen molar-refractivity contribution in [2.75, 3.05) is 39.3 Å². The van der Waals surface area contributed by atoms with Gasteiger partial charge < -0.3 is 0 Å². The molecule has 3 rings (SSSR count). The zero-order valence-electron chi connectivity index (χ0n) is 10.1. The molecule has 0 saturated carbocycles. The van der Waals surface area contributed by atoms with E-state index in [1.807, 2.05) is 0 Å². The molecule has 0 aromatic carbocycles. The molecular weight excluding hydrogens is 424 g/mol. The summed E-state index contributed by atoms with van der Waals surface area (Å²) in [6.45, 7) is 30.4. The van der Waals surface area contributed by atoms with Gasteiger partial charge in [0.15, 0.2) is 0 Å². The Hall–Kier alpha value is -0.692. The molecule has 0 aromatic rings. The summed E-state index contributed by atoms with van der Waals surface area (Å²) in [6.07, 6.45) is 0. The topological polar surface area (TPSA) is 106 Å². The number of fused-ring (bicyclic) bond motifs is 3. The first-order valence-corrected chi connectivity index (χ1v) is 4.42. The largest absolute Gasteiger partial charge is 0 e. The Balaban J connectivity index is -0.0000000519. The van der Waals surface area contributed by atoms with Crippen LogP contribution in [0.5, 0.6) is 0 Å². The molecular formula is C11H12N2O5W. The first kappa shape index (κ1) is 31.0. The minimum Gasteiger partial charge on any atom is 0 e. The summed E-state index contributed by atoms with van der Waals surface area (Å²) in [5.41, 5.74) is 0. The van der Waals surface area contributed by atoms with Gasteiger partial charge in [-0.05, 0) is 0 Å². The normalized spacial score (nSPS) is 19.5. The summed E-state index contributed by atoms with van der Waals surface area (Å²) in [7, 11) is 0. The van der Waals surface area contributed by atoms with Crippen LogP contribution in [0.2, 0.25) is 0 Å². The van der Waals surface area contributed by atoms with Crippen LogP contribution in [-0.4, -0.2) is 49.1 Å². The minimum absolute atomic E-state index is 0. The molecule has 0 spiro atoms. The third kappa shape index (κ3) is 19.8. The fourth-order valence-corrected chi connectivity index (χ4v) is 1.52. The first-order chi connectivity index (χ1) is 8.95. The molecule has 3 aliphatic heterocycles. The summed E-state index contributed by atoms with van der Waals surface area (Å²) in [5, 5.41) is 0. The second kappa shape index (κ2) is 36.0. The van der Waals surface area contributed by atoms with Crippen LogP contribution in [0, 0.1) is 33.3 Å². The molecule has 19 heavy (non-hydrogen) atoms. The van der Waals surface area contributed by atoms with Crippen molar-refractivity contribution in [3.05, 3.63) is 33.3 Å². The number of rotatable bonds is 0. The summed E-state index contributed by atoms with van der Waals surface area (Å²) < 4.78 is 37.5. The maximum Gasteiger partial charge on any atom is 0 e. The van der Waals surface area contributed by atoms with E-state index in [0.717, 1.165) is 0 Å². The van der Waals surface area contributed by atoms with Crippen molar-refractivity contribution < 1.29 is 44.3 Å². The monoisotopic (exact) mass is 436 g/mol. The molecule has 102 valence electrons. The third-order valence-electron chi connectivity index (χ3n) is 2.20. The summed E-state index contributed by atoms with van der Waals surface area (Å²) >= 11 is 0. The Morgan fingerprint density at radius 1 is 0.421 bits per heavy atom. The van der Waals surface area contributed by atoms with E-state index in [1.54, 1.807) is 0 Å². The zero-order valence-corrected chi connectivity index (χ0v) is 13.0. The van der Waals surface area contributed by atoms with Crippen molar-refractivity contribution in [1.82, 2.24) is 9.80 Å². The first-order valence-electron chi connectivity index (χ1n) is 4.42. The molecule has 0 radical (unpaired) electrons. The fraction of sp³-hybridized carbons (Fsp3) is 0.545. The molecule has 7 nitrogen and oxygen atoms in total. The van der Waals surface area contributed by atoms with E-state index in [0.29, 0.717) is 0 Å². The molecule has 0 amide bonds. The van der Waals surface area contributed by atoms with Crippen molar-refractivity contribution in [2.24, 2.45) is 0 Å². The Bertz CT molecular complexity index is 196. The van der Waals surface area contributed by atoms with Gasteiger partial charge in [-0.3, -0.25) is 9.80 Å². The maximum absolute atomic E-state index is 7.50. The fourth-order valence-electron chi connectivity index (χ4n) is 1.52. The smallest absolute Gasteiger partial charge is 0 e. The van der Waals surface area contributed by atoms with Crippen LogP contribution in [-0.2, 0) is 44.3 Å². The Kier molecular flexibility index (Phi) is 58.7. The van der Waals surface area contributed by atoms with Gasteiger partial charge in [0.2, 0.25) is 0 Å². The van der Waals surface area contributed by atoms with Crippen molar-refractivity contribution in [3.63, 3.8) is 0 Å².